The lowest BCUT2D eigenvalue weighted by atomic mass is 10.3. The van der Waals surface area contributed by atoms with Crippen LogP contribution in [0.2, 0.25) is 0 Å². The summed E-state index contributed by atoms with van der Waals surface area (Å²) in [6.45, 7) is 0. The van der Waals surface area contributed by atoms with E-state index in [1.165, 1.54) is 42.5 Å². The molecule has 2 rings (SSSR count). The minimum atomic E-state index is -0.907. The predicted octanol–water partition coefficient (Wildman–Crippen LogP) is 3.08. The zero-order valence-electron chi connectivity index (χ0n) is 10.0. The molecule has 2 aromatic carbocycles. The molecular weight excluding hydrogens is 266 g/mol. The molecule has 0 unspecified atom stereocenters. The van der Waals surface area contributed by atoms with Crippen molar-refractivity contribution in [3.63, 3.8) is 0 Å². The highest BCUT2D eigenvalue weighted by atomic mass is 17.0. The molecule has 0 atom stereocenters. The summed E-state index contributed by atoms with van der Waals surface area (Å²) in [5, 5.41) is 35.4. The molecule has 2 aromatic rings. The van der Waals surface area contributed by atoms with Crippen LogP contribution >= 0.6 is 0 Å². The molecule has 8 nitrogen and oxygen atoms in total. The van der Waals surface area contributed by atoms with Crippen molar-refractivity contribution in [1.82, 2.24) is 0 Å². The van der Waals surface area contributed by atoms with E-state index in [1.807, 2.05) is 0 Å². The van der Waals surface area contributed by atoms with Crippen LogP contribution in [0, 0.1) is 10.1 Å². The molecule has 0 spiro atoms. The normalized spacial score (nSPS) is 10.6. The van der Waals surface area contributed by atoms with Crippen LogP contribution < -0.4 is 4.84 Å². The van der Waals surface area contributed by atoms with Crippen molar-refractivity contribution in [2.75, 3.05) is 0 Å². The molecule has 0 heterocycles. The molecule has 0 fully saturated rings. The summed E-state index contributed by atoms with van der Waals surface area (Å²) < 4.78 is 0. The van der Waals surface area contributed by atoms with Crippen LogP contribution in [0.1, 0.15) is 0 Å². The van der Waals surface area contributed by atoms with E-state index in [4.69, 9.17) is 5.11 Å². The SMILES string of the molecule is O=[N+]([O-])Oc1ccc(N=Nc2ccc(O)c(O)c2)cc1. The summed E-state index contributed by atoms with van der Waals surface area (Å²) in [6.07, 6.45) is 0. The van der Waals surface area contributed by atoms with Crippen molar-refractivity contribution >= 4 is 11.4 Å². The molecule has 0 aliphatic heterocycles. The van der Waals surface area contributed by atoms with Gasteiger partial charge in [0.2, 0.25) is 0 Å². The van der Waals surface area contributed by atoms with Crippen LogP contribution in [0.3, 0.4) is 0 Å². The molecule has 0 amide bonds. The monoisotopic (exact) mass is 275 g/mol. The fourth-order valence-electron chi connectivity index (χ4n) is 1.35. The fourth-order valence-corrected chi connectivity index (χ4v) is 1.35. The van der Waals surface area contributed by atoms with Gasteiger partial charge in [0.15, 0.2) is 11.5 Å². The second-order valence-electron chi connectivity index (χ2n) is 3.68. The third-order valence-corrected chi connectivity index (χ3v) is 2.26. The van der Waals surface area contributed by atoms with E-state index in [0.717, 1.165) is 0 Å². The number of phenolic OH excluding ortho intramolecular Hbond substituents is 2. The summed E-state index contributed by atoms with van der Waals surface area (Å²) in [7, 11) is 0. The fraction of sp³-hybridized carbons (Fsp3) is 0. The molecule has 0 aromatic heterocycles. The number of hydrogen-bond donors (Lipinski definition) is 2. The summed E-state index contributed by atoms with van der Waals surface area (Å²) >= 11 is 0. The Hall–Kier alpha value is -3.16. The van der Waals surface area contributed by atoms with Crippen LogP contribution in [0.5, 0.6) is 17.2 Å². The third-order valence-electron chi connectivity index (χ3n) is 2.26. The first-order valence-corrected chi connectivity index (χ1v) is 5.41. The molecule has 0 saturated carbocycles. The number of azo groups is 1. The summed E-state index contributed by atoms with van der Waals surface area (Å²) in [5.74, 6) is -0.461. The minimum absolute atomic E-state index is 0.0798. The Balaban J connectivity index is 2.10. The lowest BCUT2D eigenvalue weighted by Gasteiger charge is -1.99. The predicted molar refractivity (Wildman–Crippen MR) is 68.0 cm³/mol. The first-order valence-electron chi connectivity index (χ1n) is 5.41. The van der Waals surface area contributed by atoms with Gasteiger partial charge in [-0.15, -0.1) is 10.1 Å². The highest BCUT2D eigenvalue weighted by molar-refractivity contribution is 5.50. The van der Waals surface area contributed by atoms with Crippen molar-refractivity contribution in [1.29, 1.82) is 0 Å². The number of benzene rings is 2. The smallest absolute Gasteiger partial charge is 0.299 e. The van der Waals surface area contributed by atoms with Gasteiger partial charge < -0.3 is 10.2 Å². The average Bonchev–Trinajstić information content (AvgIpc) is 2.41. The van der Waals surface area contributed by atoms with Gasteiger partial charge in [-0.25, -0.2) is 0 Å². The zero-order valence-corrected chi connectivity index (χ0v) is 10.0. The molecule has 0 saturated heterocycles. The molecule has 102 valence electrons. The van der Waals surface area contributed by atoms with E-state index < -0.39 is 5.09 Å². The van der Waals surface area contributed by atoms with E-state index in [-0.39, 0.29) is 17.2 Å². The molecular formula is C12H9N3O5. The first kappa shape index (κ1) is 13.3. The van der Waals surface area contributed by atoms with Crippen LogP contribution in [-0.2, 0) is 0 Å². The average molecular weight is 275 g/mol. The molecule has 2 N–H and O–H groups in total. The van der Waals surface area contributed by atoms with Gasteiger partial charge in [-0.05, 0) is 36.4 Å². The Morgan fingerprint density at radius 2 is 1.55 bits per heavy atom. The topological polar surface area (TPSA) is 118 Å². The largest absolute Gasteiger partial charge is 0.504 e. The Labute approximate surface area is 112 Å². The van der Waals surface area contributed by atoms with Gasteiger partial charge in [-0.1, -0.05) is 0 Å². The van der Waals surface area contributed by atoms with E-state index >= 15 is 0 Å². The number of nitrogens with zero attached hydrogens (tertiary/aromatic N) is 3. The van der Waals surface area contributed by atoms with Gasteiger partial charge in [0.05, 0.1) is 11.4 Å². The van der Waals surface area contributed by atoms with E-state index in [1.54, 1.807) is 0 Å². The number of phenols is 2. The van der Waals surface area contributed by atoms with Crippen LogP contribution in [0.25, 0.3) is 0 Å². The molecule has 0 aliphatic carbocycles. The number of hydrogen-bond acceptors (Lipinski definition) is 7. The van der Waals surface area contributed by atoms with Crippen LogP contribution in [-0.4, -0.2) is 15.3 Å². The Morgan fingerprint density at radius 3 is 2.15 bits per heavy atom. The van der Waals surface area contributed by atoms with Crippen molar-refractivity contribution < 1.29 is 20.1 Å². The maximum atomic E-state index is 10.1. The van der Waals surface area contributed by atoms with Crippen molar-refractivity contribution in [2.24, 2.45) is 10.2 Å². The van der Waals surface area contributed by atoms with Crippen molar-refractivity contribution in [3.8, 4) is 17.2 Å². The first-order chi connectivity index (χ1) is 9.54. The van der Waals surface area contributed by atoms with Crippen LogP contribution in [0.15, 0.2) is 52.7 Å². The second-order valence-corrected chi connectivity index (χ2v) is 3.68. The maximum Gasteiger partial charge on any atom is 0.299 e. The van der Waals surface area contributed by atoms with E-state index in [0.29, 0.717) is 11.4 Å². The van der Waals surface area contributed by atoms with Crippen molar-refractivity contribution in [3.05, 3.63) is 52.6 Å². The Morgan fingerprint density at radius 1 is 0.950 bits per heavy atom. The standard InChI is InChI=1S/C12H9N3O5/c16-11-6-3-9(7-12(11)17)14-13-8-1-4-10(5-2-8)20-15(18)19/h1-7,16-17H. The van der Waals surface area contributed by atoms with Gasteiger partial charge in [0, 0.05) is 6.07 Å². The molecule has 0 bridgehead atoms. The Kier molecular flexibility index (Phi) is 3.75. The molecule has 0 aliphatic rings. The van der Waals surface area contributed by atoms with Gasteiger partial charge in [0.1, 0.15) is 5.75 Å². The van der Waals surface area contributed by atoms with Gasteiger partial charge in [-0.2, -0.15) is 10.2 Å². The lowest BCUT2D eigenvalue weighted by molar-refractivity contribution is -0.711. The minimum Gasteiger partial charge on any atom is -0.504 e. The van der Waals surface area contributed by atoms with Gasteiger partial charge in [0.25, 0.3) is 5.09 Å². The zero-order chi connectivity index (χ0) is 14.5. The highest BCUT2D eigenvalue weighted by Gasteiger charge is 2.00. The summed E-state index contributed by atoms with van der Waals surface area (Å²) in [6, 6.07) is 9.76. The summed E-state index contributed by atoms with van der Waals surface area (Å²) in [5.41, 5.74) is 0.805. The highest BCUT2D eigenvalue weighted by Crippen LogP contribution is 2.30. The Bertz CT molecular complexity index is 655. The summed E-state index contributed by atoms with van der Waals surface area (Å²) in [4.78, 5) is 14.4. The molecule has 8 heteroatoms. The lowest BCUT2D eigenvalue weighted by Crippen LogP contribution is -2.02. The molecule has 20 heavy (non-hydrogen) atoms. The van der Waals surface area contributed by atoms with Crippen LogP contribution in [0.4, 0.5) is 11.4 Å². The maximum absolute atomic E-state index is 10.1. The number of aromatic hydroxyl groups is 2. The van der Waals surface area contributed by atoms with Gasteiger partial charge in [-0.3, -0.25) is 4.84 Å². The van der Waals surface area contributed by atoms with E-state index in [2.05, 4.69) is 15.1 Å². The van der Waals surface area contributed by atoms with Gasteiger partial charge >= 0.3 is 0 Å². The third kappa shape index (κ3) is 3.42. The number of rotatable bonds is 4. The molecule has 0 radical (unpaired) electrons. The quantitative estimate of drug-likeness (QED) is 0.384. The second kappa shape index (κ2) is 5.65. The van der Waals surface area contributed by atoms with E-state index in [9.17, 15) is 15.2 Å². The van der Waals surface area contributed by atoms with Crippen molar-refractivity contribution in [2.45, 2.75) is 0 Å².